The standard InChI is InChI=1S/C14H17NO2.ClH/c1-10-8-14(6-7-15-10)9-12(16)11-4-2-3-5-13(11)17-14;/h2-5,10,15H,6-9H2,1H3;1H/t10-,14?;/m0./s1. The van der Waals surface area contributed by atoms with Gasteiger partial charge in [0.25, 0.3) is 0 Å². The van der Waals surface area contributed by atoms with Crippen molar-refractivity contribution in [2.45, 2.75) is 37.8 Å². The molecule has 0 amide bonds. The molecule has 0 radical (unpaired) electrons. The third-order valence-corrected chi connectivity index (χ3v) is 3.75. The largest absolute Gasteiger partial charge is 0.486 e. The zero-order chi connectivity index (χ0) is 11.9. The highest BCUT2D eigenvalue weighted by molar-refractivity contribution is 6.00. The topological polar surface area (TPSA) is 38.3 Å². The third kappa shape index (κ3) is 2.25. The van der Waals surface area contributed by atoms with Crippen molar-refractivity contribution in [2.24, 2.45) is 0 Å². The Morgan fingerprint density at radius 2 is 2.17 bits per heavy atom. The predicted octanol–water partition coefficient (Wildman–Crippen LogP) is 2.58. The lowest BCUT2D eigenvalue weighted by molar-refractivity contribution is 0.00876. The molecule has 2 aliphatic rings. The lowest BCUT2D eigenvalue weighted by atomic mass is 9.80. The fourth-order valence-corrected chi connectivity index (χ4v) is 2.98. The number of piperidine rings is 1. The van der Waals surface area contributed by atoms with Gasteiger partial charge in [-0.2, -0.15) is 0 Å². The van der Waals surface area contributed by atoms with E-state index in [0.717, 1.165) is 30.7 Å². The molecule has 1 fully saturated rings. The molecule has 1 unspecified atom stereocenters. The van der Waals surface area contributed by atoms with Gasteiger partial charge in [-0.1, -0.05) is 12.1 Å². The van der Waals surface area contributed by atoms with E-state index in [1.807, 2.05) is 24.3 Å². The van der Waals surface area contributed by atoms with Gasteiger partial charge in [0.15, 0.2) is 5.78 Å². The smallest absolute Gasteiger partial charge is 0.170 e. The van der Waals surface area contributed by atoms with Gasteiger partial charge < -0.3 is 10.1 Å². The number of para-hydroxylation sites is 1. The highest BCUT2D eigenvalue weighted by Crippen LogP contribution is 2.38. The summed E-state index contributed by atoms with van der Waals surface area (Å²) in [7, 11) is 0. The number of carbonyl (C=O) groups is 1. The van der Waals surface area contributed by atoms with E-state index in [0.29, 0.717) is 12.5 Å². The molecule has 1 N–H and O–H groups in total. The Morgan fingerprint density at radius 3 is 2.94 bits per heavy atom. The summed E-state index contributed by atoms with van der Waals surface area (Å²) in [6.45, 7) is 3.08. The Bertz CT molecular complexity index is 463. The summed E-state index contributed by atoms with van der Waals surface area (Å²) in [4.78, 5) is 12.2. The van der Waals surface area contributed by atoms with Crippen LogP contribution < -0.4 is 10.1 Å². The van der Waals surface area contributed by atoms with Crippen LogP contribution in [0.15, 0.2) is 24.3 Å². The lowest BCUT2D eigenvalue weighted by Crippen LogP contribution is -2.52. The van der Waals surface area contributed by atoms with Crippen molar-refractivity contribution >= 4 is 18.2 Å². The minimum atomic E-state index is -0.268. The number of fused-ring (bicyclic) bond motifs is 1. The van der Waals surface area contributed by atoms with Crippen LogP contribution >= 0.6 is 12.4 Å². The molecular weight excluding hydrogens is 250 g/mol. The number of hydrogen-bond acceptors (Lipinski definition) is 3. The molecule has 18 heavy (non-hydrogen) atoms. The second-order valence-corrected chi connectivity index (χ2v) is 5.19. The Kier molecular flexibility index (Phi) is 3.64. The van der Waals surface area contributed by atoms with Crippen molar-refractivity contribution in [3.63, 3.8) is 0 Å². The van der Waals surface area contributed by atoms with Crippen LogP contribution in [0.4, 0.5) is 0 Å². The van der Waals surface area contributed by atoms with Crippen molar-refractivity contribution in [1.29, 1.82) is 0 Å². The van der Waals surface area contributed by atoms with Crippen LogP contribution in [0.5, 0.6) is 5.75 Å². The first-order chi connectivity index (χ1) is 8.19. The molecule has 98 valence electrons. The number of carbonyl (C=O) groups excluding carboxylic acids is 1. The van der Waals surface area contributed by atoms with Crippen LogP contribution in [-0.4, -0.2) is 24.0 Å². The summed E-state index contributed by atoms with van der Waals surface area (Å²) in [6, 6.07) is 8.00. The monoisotopic (exact) mass is 267 g/mol. The summed E-state index contributed by atoms with van der Waals surface area (Å²) in [5.74, 6) is 0.985. The number of halogens is 1. The van der Waals surface area contributed by atoms with Crippen molar-refractivity contribution in [2.75, 3.05) is 6.54 Å². The molecule has 3 rings (SSSR count). The molecule has 2 aliphatic heterocycles. The first-order valence-electron chi connectivity index (χ1n) is 6.23. The van der Waals surface area contributed by atoms with E-state index in [1.54, 1.807) is 0 Å². The molecule has 0 aromatic heterocycles. The van der Waals surface area contributed by atoms with Gasteiger partial charge in [-0.05, 0) is 25.6 Å². The summed E-state index contributed by atoms with van der Waals surface area (Å²) in [5, 5.41) is 3.40. The Morgan fingerprint density at radius 1 is 1.39 bits per heavy atom. The number of Topliss-reactive ketones (excluding diaryl/α,β-unsaturated/α-hetero) is 1. The fourth-order valence-electron chi connectivity index (χ4n) is 2.98. The molecule has 4 heteroatoms. The normalized spacial score (nSPS) is 30.3. The van der Waals surface area contributed by atoms with Gasteiger partial charge in [0, 0.05) is 18.9 Å². The maximum absolute atomic E-state index is 12.2. The van der Waals surface area contributed by atoms with E-state index in [-0.39, 0.29) is 23.8 Å². The van der Waals surface area contributed by atoms with Gasteiger partial charge in [-0.25, -0.2) is 0 Å². The Hall–Kier alpha value is -1.06. The minimum absolute atomic E-state index is 0. The minimum Gasteiger partial charge on any atom is -0.486 e. The molecule has 0 bridgehead atoms. The molecule has 1 aromatic rings. The fraction of sp³-hybridized carbons (Fsp3) is 0.500. The molecule has 0 saturated carbocycles. The van der Waals surface area contributed by atoms with Gasteiger partial charge in [-0.15, -0.1) is 12.4 Å². The van der Waals surface area contributed by atoms with Gasteiger partial charge >= 0.3 is 0 Å². The molecule has 2 heterocycles. The van der Waals surface area contributed by atoms with Crippen molar-refractivity contribution < 1.29 is 9.53 Å². The highest BCUT2D eigenvalue weighted by Gasteiger charge is 2.42. The quantitative estimate of drug-likeness (QED) is 0.785. The number of ketones is 1. The van der Waals surface area contributed by atoms with Crippen molar-refractivity contribution in [3.8, 4) is 5.75 Å². The zero-order valence-electron chi connectivity index (χ0n) is 10.4. The summed E-state index contributed by atoms with van der Waals surface area (Å²) < 4.78 is 6.14. The summed E-state index contributed by atoms with van der Waals surface area (Å²) in [5.41, 5.74) is 0.472. The first-order valence-corrected chi connectivity index (χ1v) is 6.23. The van der Waals surface area contributed by atoms with E-state index in [1.165, 1.54) is 0 Å². The van der Waals surface area contributed by atoms with E-state index in [9.17, 15) is 4.79 Å². The maximum Gasteiger partial charge on any atom is 0.170 e. The molecule has 0 aliphatic carbocycles. The second kappa shape index (κ2) is 4.90. The molecule has 1 aromatic carbocycles. The molecule has 1 spiro atoms. The van der Waals surface area contributed by atoms with Gasteiger partial charge in [0.05, 0.1) is 12.0 Å². The van der Waals surface area contributed by atoms with Crippen LogP contribution in [-0.2, 0) is 0 Å². The predicted molar refractivity (Wildman–Crippen MR) is 72.7 cm³/mol. The number of hydrogen-bond donors (Lipinski definition) is 1. The number of nitrogens with one attached hydrogen (secondary N) is 1. The number of rotatable bonds is 0. The Balaban J connectivity index is 0.00000120. The zero-order valence-corrected chi connectivity index (χ0v) is 11.3. The third-order valence-electron chi connectivity index (χ3n) is 3.75. The molecule has 1 saturated heterocycles. The summed E-state index contributed by atoms with van der Waals surface area (Å²) in [6.07, 6.45) is 2.35. The average molecular weight is 268 g/mol. The molecule has 2 atom stereocenters. The number of benzene rings is 1. The first kappa shape index (κ1) is 13.4. The summed E-state index contributed by atoms with van der Waals surface area (Å²) >= 11 is 0. The molecule has 3 nitrogen and oxygen atoms in total. The van der Waals surface area contributed by atoms with Gasteiger partial charge in [-0.3, -0.25) is 4.79 Å². The van der Waals surface area contributed by atoms with Crippen LogP contribution in [0, 0.1) is 0 Å². The van der Waals surface area contributed by atoms with E-state index in [2.05, 4.69) is 12.2 Å². The van der Waals surface area contributed by atoms with E-state index in [4.69, 9.17) is 4.74 Å². The lowest BCUT2D eigenvalue weighted by Gasteiger charge is -2.43. The van der Waals surface area contributed by atoms with Crippen LogP contribution in [0.25, 0.3) is 0 Å². The second-order valence-electron chi connectivity index (χ2n) is 5.19. The van der Waals surface area contributed by atoms with E-state index >= 15 is 0 Å². The number of ether oxygens (including phenoxy) is 1. The van der Waals surface area contributed by atoms with Crippen molar-refractivity contribution in [1.82, 2.24) is 5.32 Å². The van der Waals surface area contributed by atoms with Crippen LogP contribution in [0.2, 0.25) is 0 Å². The average Bonchev–Trinajstić information content (AvgIpc) is 2.28. The van der Waals surface area contributed by atoms with Gasteiger partial charge in [0.1, 0.15) is 11.4 Å². The molecular formula is C14H18ClNO2. The SMILES string of the molecule is C[C@H]1CC2(CCN1)CC(=O)c1ccccc1O2.Cl. The van der Waals surface area contributed by atoms with Crippen LogP contribution in [0.3, 0.4) is 0 Å². The maximum atomic E-state index is 12.2. The van der Waals surface area contributed by atoms with E-state index < -0.39 is 0 Å². The highest BCUT2D eigenvalue weighted by atomic mass is 35.5. The van der Waals surface area contributed by atoms with Gasteiger partial charge in [0.2, 0.25) is 0 Å². The van der Waals surface area contributed by atoms with Crippen molar-refractivity contribution in [3.05, 3.63) is 29.8 Å². The Labute approximate surface area is 113 Å². The van der Waals surface area contributed by atoms with Crippen LogP contribution in [0.1, 0.15) is 36.5 Å².